The van der Waals surface area contributed by atoms with Gasteiger partial charge in [0.15, 0.2) is 0 Å². The molecule has 0 aromatic carbocycles. The van der Waals surface area contributed by atoms with Gasteiger partial charge in [0.1, 0.15) is 0 Å². The van der Waals surface area contributed by atoms with E-state index in [1.807, 2.05) is 0 Å². The Balaban J connectivity index is 1.95. The highest BCUT2D eigenvalue weighted by molar-refractivity contribution is 5.81. The summed E-state index contributed by atoms with van der Waals surface area (Å²) < 4.78 is 0. The van der Waals surface area contributed by atoms with E-state index >= 15 is 0 Å². The summed E-state index contributed by atoms with van der Waals surface area (Å²) >= 11 is 0. The van der Waals surface area contributed by atoms with Crippen LogP contribution in [0.4, 0.5) is 0 Å². The molecule has 2 fully saturated rings. The molecule has 0 aliphatic carbocycles. The molecule has 2 aliphatic heterocycles. The maximum Gasteiger partial charge on any atom is 0.227 e. The van der Waals surface area contributed by atoms with Crippen molar-refractivity contribution in [3.63, 3.8) is 0 Å². The Hall–Kier alpha value is -1.10. The van der Waals surface area contributed by atoms with Gasteiger partial charge >= 0.3 is 0 Å². The van der Waals surface area contributed by atoms with Gasteiger partial charge < -0.3 is 14.9 Å². The molecule has 0 aromatic heterocycles. The quantitative estimate of drug-likeness (QED) is 0.728. The van der Waals surface area contributed by atoms with Gasteiger partial charge in [-0.3, -0.25) is 9.59 Å². The normalized spacial score (nSPS) is 32.7. The van der Waals surface area contributed by atoms with Crippen molar-refractivity contribution in [2.24, 2.45) is 5.92 Å². The lowest BCUT2D eigenvalue weighted by atomic mass is 9.96. The van der Waals surface area contributed by atoms with Crippen LogP contribution >= 0.6 is 0 Å². The Morgan fingerprint density at radius 3 is 2.56 bits per heavy atom. The fraction of sp³-hybridized carbons (Fsp3) is 0.846. The zero-order valence-corrected chi connectivity index (χ0v) is 11.2. The van der Waals surface area contributed by atoms with Crippen molar-refractivity contribution in [2.75, 3.05) is 26.2 Å². The van der Waals surface area contributed by atoms with E-state index in [9.17, 15) is 14.7 Å². The van der Waals surface area contributed by atoms with Crippen LogP contribution < -0.4 is 0 Å². The topological polar surface area (TPSA) is 60.9 Å². The van der Waals surface area contributed by atoms with Crippen LogP contribution in [0.1, 0.15) is 33.1 Å². The molecule has 5 nitrogen and oxygen atoms in total. The summed E-state index contributed by atoms with van der Waals surface area (Å²) in [6.07, 6.45) is 2.38. The van der Waals surface area contributed by atoms with Gasteiger partial charge in [-0.2, -0.15) is 0 Å². The van der Waals surface area contributed by atoms with Gasteiger partial charge in [-0.15, -0.1) is 0 Å². The fourth-order valence-electron chi connectivity index (χ4n) is 2.86. The Bertz CT molecular complexity index is 354. The SMILES string of the molecule is CC(=O)N1CCCC(C(=O)N2CCC(C)(O)C2)C1. The molecular formula is C13H22N2O3. The number of likely N-dealkylation sites (tertiary alicyclic amines) is 2. The van der Waals surface area contributed by atoms with Crippen molar-refractivity contribution in [1.82, 2.24) is 9.80 Å². The first-order chi connectivity index (χ1) is 8.39. The molecule has 1 N–H and O–H groups in total. The minimum absolute atomic E-state index is 0.0425. The largest absolute Gasteiger partial charge is 0.388 e. The first-order valence-electron chi connectivity index (χ1n) is 6.66. The van der Waals surface area contributed by atoms with Crippen LogP contribution in [0.15, 0.2) is 0 Å². The molecular weight excluding hydrogens is 232 g/mol. The Morgan fingerprint density at radius 1 is 1.28 bits per heavy atom. The highest BCUT2D eigenvalue weighted by atomic mass is 16.3. The third kappa shape index (κ3) is 2.83. The summed E-state index contributed by atoms with van der Waals surface area (Å²) in [5.41, 5.74) is -0.745. The molecule has 2 heterocycles. The van der Waals surface area contributed by atoms with Crippen molar-refractivity contribution in [2.45, 2.75) is 38.7 Å². The van der Waals surface area contributed by atoms with Gasteiger partial charge in [0.05, 0.1) is 11.5 Å². The monoisotopic (exact) mass is 254 g/mol. The minimum Gasteiger partial charge on any atom is -0.388 e. The van der Waals surface area contributed by atoms with E-state index in [-0.39, 0.29) is 17.7 Å². The molecule has 0 saturated carbocycles. The van der Waals surface area contributed by atoms with E-state index in [0.29, 0.717) is 26.1 Å². The molecule has 0 radical (unpaired) electrons. The van der Waals surface area contributed by atoms with Crippen LogP contribution in [-0.4, -0.2) is 58.5 Å². The summed E-state index contributed by atoms with van der Waals surface area (Å²) in [7, 11) is 0. The van der Waals surface area contributed by atoms with Crippen LogP contribution in [0.3, 0.4) is 0 Å². The molecule has 5 heteroatoms. The first kappa shape index (κ1) is 13.3. The maximum absolute atomic E-state index is 12.3. The molecule has 0 bridgehead atoms. The molecule has 102 valence electrons. The molecule has 2 aliphatic rings. The number of carbonyl (C=O) groups excluding carboxylic acids is 2. The Morgan fingerprint density at radius 2 is 2.00 bits per heavy atom. The molecule has 2 saturated heterocycles. The van der Waals surface area contributed by atoms with Crippen molar-refractivity contribution in [3.05, 3.63) is 0 Å². The van der Waals surface area contributed by atoms with Gasteiger partial charge in [0.25, 0.3) is 0 Å². The van der Waals surface area contributed by atoms with Gasteiger partial charge in [0, 0.05) is 33.1 Å². The van der Waals surface area contributed by atoms with Gasteiger partial charge in [0.2, 0.25) is 11.8 Å². The number of β-amino-alcohol motifs (C(OH)–C–C–N with tert-alkyl or cyclic N) is 1. The third-order valence-electron chi connectivity index (χ3n) is 3.98. The first-order valence-corrected chi connectivity index (χ1v) is 6.66. The highest BCUT2D eigenvalue weighted by Gasteiger charge is 2.37. The number of hydrogen-bond donors (Lipinski definition) is 1. The summed E-state index contributed by atoms with van der Waals surface area (Å²) in [6.45, 7) is 5.66. The van der Waals surface area contributed by atoms with E-state index in [4.69, 9.17) is 0 Å². The van der Waals surface area contributed by atoms with Crippen LogP contribution in [0.25, 0.3) is 0 Å². The molecule has 2 atom stereocenters. The second-order valence-electron chi connectivity index (χ2n) is 5.81. The van der Waals surface area contributed by atoms with Crippen molar-refractivity contribution in [3.8, 4) is 0 Å². The van der Waals surface area contributed by atoms with Crippen LogP contribution in [-0.2, 0) is 9.59 Å². The van der Waals surface area contributed by atoms with Gasteiger partial charge in [-0.05, 0) is 26.2 Å². The number of amides is 2. The second kappa shape index (κ2) is 4.88. The standard InChI is InChI=1S/C13H22N2O3/c1-10(16)14-6-3-4-11(8-14)12(17)15-7-5-13(2,18)9-15/h11,18H,3-9H2,1-2H3. The number of hydrogen-bond acceptors (Lipinski definition) is 3. The van der Waals surface area contributed by atoms with E-state index in [0.717, 1.165) is 19.4 Å². The van der Waals surface area contributed by atoms with Crippen LogP contribution in [0, 0.1) is 5.92 Å². The van der Waals surface area contributed by atoms with Crippen molar-refractivity contribution >= 4 is 11.8 Å². The second-order valence-corrected chi connectivity index (χ2v) is 5.81. The van der Waals surface area contributed by atoms with E-state index < -0.39 is 5.60 Å². The number of rotatable bonds is 1. The molecule has 2 unspecified atom stereocenters. The zero-order valence-electron chi connectivity index (χ0n) is 11.2. The average Bonchev–Trinajstić information content (AvgIpc) is 2.69. The maximum atomic E-state index is 12.3. The lowest BCUT2D eigenvalue weighted by molar-refractivity contribution is -0.140. The Kier molecular flexibility index (Phi) is 3.61. The Labute approximate surface area is 108 Å². The minimum atomic E-state index is -0.745. The molecule has 2 rings (SSSR count). The summed E-state index contributed by atoms with van der Waals surface area (Å²) in [4.78, 5) is 27.2. The summed E-state index contributed by atoms with van der Waals surface area (Å²) in [6, 6.07) is 0. The molecule has 0 aromatic rings. The fourth-order valence-corrected chi connectivity index (χ4v) is 2.86. The summed E-state index contributed by atoms with van der Waals surface area (Å²) in [5, 5.41) is 9.89. The van der Waals surface area contributed by atoms with Gasteiger partial charge in [-0.1, -0.05) is 0 Å². The van der Waals surface area contributed by atoms with Crippen molar-refractivity contribution < 1.29 is 14.7 Å². The number of piperidine rings is 1. The predicted molar refractivity (Wildman–Crippen MR) is 66.8 cm³/mol. The molecule has 0 spiro atoms. The van der Waals surface area contributed by atoms with Crippen LogP contribution in [0.5, 0.6) is 0 Å². The number of aliphatic hydroxyl groups is 1. The highest BCUT2D eigenvalue weighted by Crippen LogP contribution is 2.25. The van der Waals surface area contributed by atoms with Gasteiger partial charge in [-0.25, -0.2) is 0 Å². The number of carbonyl (C=O) groups is 2. The van der Waals surface area contributed by atoms with Crippen molar-refractivity contribution in [1.29, 1.82) is 0 Å². The van der Waals surface area contributed by atoms with E-state index in [1.165, 1.54) is 0 Å². The lowest BCUT2D eigenvalue weighted by Crippen LogP contribution is -2.46. The molecule has 18 heavy (non-hydrogen) atoms. The smallest absolute Gasteiger partial charge is 0.227 e. The number of nitrogens with zero attached hydrogens (tertiary/aromatic N) is 2. The lowest BCUT2D eigenvalue weighted by Gasteiger charge is -2.33. The zero-order chi connectivity index (χ0) is 13.3. The van der Waals surface area contributed by atoms with Crippen LogP contribution in [0.2, 0.25) is 0 Å². The van der Waals surface area contributed by atoms with E-state index in [2.05, 4.69) is 0 Å². The average molecular weight is 254 g/mol. The third-order valence-corrected chi connectivity index (χ3v) is 3.98. The van der Waals surface area contributed by atoms with E-state index in [1.54, 1.807) is 23.6 Å². The summed E-state index contributed by atoms with van der Waals surface area (Å²) in [5.74, 6) is 0.0520. The predicted octanol–water partition coefficient (Wildman–Crippen LogP) is 0.228. The molecule has 2 amide bonds.